The van der Waals surface area contributed by atoms with Gasteiger partial charge in [-0.3, -0.25) is 28.9 Å². The fourth-order valence-electron chi connectivity index (χ4n) is 4.48. The van der Waals surface area contributed by atoms with Crippen molar-refractivity contribution in [2.45, 2.75) is 16.2 Å². The lowest BCUT2D eigenvalue weighted by Gasteiger charge is -2.30. The van der Waals surface area contributed by atoms with Gasteiger partial charge in [0, 0.05) is 22.0 Å². The molecular weight excluding hydrogens is 577 g/mol. The van der Waals surface area contributed by atoms with Crippen molar-refractivity contribution in [3.63, 3.8) is 0 Å². The van der Waals surface area contributed by atoms with Crippen LogP contribution in [0.15, 0.2) is 52.3 Å². The Morgan fingerprint density at radius 1 is 1.08 bits per heavy atom. The number of halogens is 2. The lowest BCUT2D eigenvalue weighted by atomic mass is 9.82. The number of carboxylic acid groups (broad SMARTS) is 1. The van der Waals surface area contributed by atoms with Crippen LogP contribution in [0.2, 0.25) is 10.0 Å². The van der Waals surface area contributed by atoms with Crippen molar-refractivity contribution in [1.29, 1.82) is 0 Å². The van der Waals surface area contributed by atoms with Gasteiger partial charge < -0.3 is 20.1 Å². The number of benzene rings is 2. The van der Waals surface area contributed by atoms with Gasteiger partial charge in [-0.05, 0) is 24.3 Å². The van der Waals surface area contributed by atoms with Crippen LogP contribution in [-0.2, 0) is 19.2 Å². The summed E-state index contributed by atoms with van der Waals surface area (Å²) in [5, 5.41) is 12.0. The molecule has 2 unspecified atom stereocenters. The standard InChI is InChI=1S/C24H17Cl2N3O7S2/c25-12-6-5-10(7-13(12)26)27-15(30)9-36-14-4-2-1-3-11(14)17-18-20(37-21-19(17)38-24(35)28-21)23(34)29(22(18)33)8-16(31)32/h1-7,17-18,20H,8-9H2,(H,27,30)(H,28,35)(H,31,32)/t17-,18?,20?/m1/s1. The van der Waals surface area contributed by atoms with Crippen molar-refractivity contribution >= 4 is 75.7 Å². The van der Waals surface area contributed by atoms with E-state index in [2.05, 4.69) is 10.3 Å². The Hall–Kier alpha value is -3.32. The van der Waals surface area contributed by atoms with Crippen LogP contribution in [0.1, 0.15) is 16.4 Å². The molecule has 1 saturated heterocycles. The Bertz CT molecular complexity index is 1540. The number of likely N-dealkylation sites (tertiary alicyclic amines) is 1. The molecule has 3 aromatic rings. The number of amides is 3. The molecule has 196 valence electrons. The molecule has 2 aliphatic heterocycles. The van der Waals surface area contributed by atoms with Crippen molar-refractivity contribution < 1.29 is 29.0 Å². The normalized spacial score (nSPS) is 20.2. The average Bonchev–Trinajstić information content (AvgIpc) is 3.35. The number of fused-ring (bicyclic) bond motifs is 2. The van der Waals surface area contributed by atoms with Gasteiger partial charge >= 0.3 is 10.8 Å². The maximum atomic E-state index is 13.3. The molecule has 2 aromatic carbocycles. The Morgan fingerprint density at radius 2 is 1.84 bits per heavy atom. The van der Waals surface area contributed by atoms with E-state index in [-0.39, 0.29) is 22.3 Å². The van der Waals surface area contributed by atoms with E-state index in [0.717, 1.165) is 28.0 Å². The van der Waals surface area contributed by atoms with Crippen LogP contribution in [0.3, 0.4) is 0 Å². The number of aliphatic carboxylic acids is 1. The number of aromatic amines is 1. The summed E-state index contributed by atoms with van der Waals surface area (Å²) < 4.78 is 5.84. The quantitative estimate of drug-likeness (QED) is 0.353. The van der Waals surface area contributed by atoms with Crippen molar-refractivity contribution in [1.82, 2.24) is 9.88 Å². The van der Waals surface area contributed by atoms with Gasteiger partial charge in [0.25, 0.3) is 5.91 Å². The highest BCUT2D eigenvalue weighted by atomic mass is 35.5. The fourth-order valence-corrected chi connectivity index (χ4v) is 7.31. The zero-order valence-electron chi connectivity index (χ0n) is 19.1. The number of para-hydroxylation sites is 1. The van der Waals surface area contributed by atoms with Crippen molar-refractivity contribution in [2.75, 3.05) is 18.5 Å². The lowest BCUT2D eigenvalue weighted by molar-refractivity contribution is -0.149. The number of carboxylic acids is 1. The fraction of sp³-hybridized carbons (Fsp3) is 0.208. The van der Waals surface area contributed by atoms with Crippen molar-refractivity contribution in [3.8, 4) is 5.75 Å². The number of rotatable bonds is 7. The van der Waals surface area contributed by atoms with Crippen LogP contribution in [-0.4, -0.2) is 57.1 Å². The summed E-state index contributed by atoms with van der Waals surface area (Å²) >= 11 is 13.9. The highest BCUT2D eigenvalue weighted by Crippen LogP contribution is 2.53. The molecule has 3 heterocycles. The summed E-state index contributed by atoms with van der Waals surface area (Å²) in [4.78, 5) is 66.1. The highest BCUT2D eigenvalue weighted by molar-refractivity contribution is 8.00. The van der Waals surface area contributed by atoms with Gasteiger partial charge in [0.05, 0.1) is 21.0 Å². The van der Waals surface area contributed by atoms with E-state index < -0.39 is 47.3 Å². The van der Waals surface area contributed by atoms with Gasteiger partial charge in [0.1, 0.15) is 17.5 Å². The molecule has 0 radical (unpaired) electrons. The van der Waals surface area contributed by atoms with Crippen LogP contribution in [0.4, 0.5) is 5.69 Å². The first-order valence-electron chi connectivity index (χ1n) is 11.1. The number of thiazole rings is 1. The monoisotopic (exact) mass is 593 g/mol. The van der Waals surface area contributed by atoms with E-state index in [1.807, 2.05) is 0 Å². The third kappa shape index (κ3) is 4.92. The molecule has 38 heavy (non-hydrogen) atoms. The zero-order valence-corrected chi connectivity index (χ0v) is 22.2. The van der Waals surface area contributed by atoms with Crippen LogP contribution < -0.4 is 14.9 Å². The van der Waals surface area contributed by atoms with Gasteiger partial charge in [-0.25, -0.2) is 0 Å². The summed E-state index contributed by atoms with van der Waals surface area (Å²) in [6, 6.07) is 11.3. The number of ether oxygens (including phenoxy) is 1. The number of thioether (sulfide) groups is 1. The van der Waals surface area contributed by atoms with Crippen molar-refractivity contribution in [2.24, 2.45) is 5.92 Å². The van der Waals surface area contributed by atoms with Gasteiger partial charge in [-0.15, -0.1) is 0 Å². The van der Waals surface area contributed by atoms with Crippen molar-refractivity contribution in [3.05, 3.63) is 72.6 Å². The van der Waals surface area contributed by atoms with E-state index in [0.29, 0.717) is 26.2 Å². The smallest absolute Gasteiger partial charge is 0.323 e. The Balaban J connectivity index is 1.45. The number of nitrogens with one attached hydrogen (secondary N) is 2. The third-order valence-corrected chi connectivity index (χ3v) is 9.16. The van der Waals surface area contributed by atoms with E-state index in [1.165, 1.54) is 6.07 Å². The van der Waals surface area contributed by atoms with Gasteiger partial charge in [-0.1, -0.05) is 64.5 Å². The van der Waals surface area contributed by atoms with Crippen LogP contribution in [0.25, 0.3) is 0 Å². The van der Waals surface area contributed by atoms with Crippen LogP contribution in [0.5, 0.6) is 5.75 Å². The number of H-pyrrole nitrogens is 1. The topological polar surface area (TPSA) is 146 Å². The molecule has 1 aromatic heterocycles. The molecule has 3 atom stereocenters. The SMILES string of the molecule is O=C(O)CN1C(=O)C2Sc3[nH]c(=O)sc3[C@H](c3ccccc3OCC(=O)Nc3ccc(Cl)c(Cl)c3)C2C1=O. The lowest BCUT2D eigenvalue weighted by Crippen LogP contribution is -2.36. The third-order valence-electron chi connectivity index (χ3n) is 6.02. The maximum Gasteiger partial charge on any atom is 0.323 e. The Morgan fingerprint density at radius 3 is 2.58 bits per heavy atom. The van der Waals surface area contributed by atoms with Crippen LogP contribution >= 0.6 is 46.3 Å². The van der Waals surface area contributed by atoms with E-state index in [4.69, 9.17) is 27.9 Å². The number of nitrogens with zero attached hydrogens (tertiary/aromatic N) is 1. The van der Waals surface area contributed by atoms with Gasteiger partial charge in [-0.2, -0.15) is 0 Å². The van der Waals surface area contributed by atoms with E-state index in [9.17, 15) is 29.1 Å². The van der Waals surface area contributed by atoms with E-state index >= 15 is 0 Å². The molecular formula is C24H17Cl2N3O7S2. The Kier molecular flexibility index (Phi) is 7.23. The molecule has 3 N–H and O–H groups in total. The molecule has 5 rings (SSSR count). The summed E-state index contributed by atoms with van der Waals surface area (Å²) in [6.07, 6.45) is 0. The predicted octanol–water partition coefficient (Wildman–Crippen LogP) is 3.44. The van der Waals surface area contributed by atoms with Gasteiger partial charge in [0.2, 0.25) is 11.8 Å². The number of aromatic nitrogens is 1. The number of carbonyl (C=O) groups excluding carboxylic acids is 3. The molecule has 0 aliphatic carbocycles. The molecule has 0 saturated carbocycles. The predicted molar refractivity (Wildman–Crippen MR) is 141 cm³/mol. The number of anilines is 1. The molecule has 0 spiro atoms. The highest BCUT2D eigenvalue weighted by Gasteiger charge is 2.56. The zero-order chi connectivity index (χ0) is 27.1. The first kappa shape index (κ1) is 26.3. The summed E-state index contributed by atoms with van der Waals surface area (Å²) in [5.41, 5.74) is 0.906. The number of hydrogen-bond acceptors (Lipinski definition) is 8. The molecule has 3 amide bonds. The minimum Gasteiger partial charge on any atom is -0.483 e. The minimum atomic E-state index is -1.31. The molecule has 2 aliphatic rings. The second kappa shape index (κ2) is 10.4. The largest absolute Gasteiger partial charge is 0.483 e. The summed E-state index contributed by atoms with van der Waals surface area (Å²) in [5.74, 6) is -4.52. The first-order chi connectivity index (χ1) is 18.1. The Labute approximate surface area is 232 Å². The molecule has 14 heteroatoms. The number of hydrogen-bond donors (Lipinski definition) is 3. The maximum absolute atomic E-state index is 13.3. The van der Waals surface area contributed by atoms with Gasteiger partial charge in [0.15, 0.2) is 6.61 Å². The second-order valence-corrected chi connectivity index (χ2v) is 11.4. The summed E-state index contributed by atoms with van der Waals surface area (Å²) in [7, 11) is 0. The molecule has 10 nitrogen and oxygen atoms in total. The first-order valence-corrected chi connectivity index (χ1v) is 13.5. The number of carbonyl (C=O) groups is 4. The van der Waals surface area contributed by atoms with E-state index in [1.54, 1.807) is 36.4 Å². The molecule has 0 bridgehead atoms. The van der Waals surface area contributed by atoms with Crippen LogP contribution in [0, 0.1) is 5.92 Å². The minimum absolute atomic E-state index is 0.273. The second-order valence-electron chi connectivity index (χ2n) is 8.41. The molecule has 1 fully saturated rings. The summed E-state index contributed by atoms with van der Waals surface area (Å²) in [6.45, 7) is -1.14. The average molecular weight is 594 g/mol. The number of imide groups is 1.